The average molecular weight is 517 g/mol. The molecule has 1 heterocycles. The number of nitrogens with one attached hydrogen (secondary N) is 2. The third-order valence-electron chi connectivity index (χ3n) is 4.97. The molecule has 0 saturated carbocycles. The van der Waals surface area contributed by atoms with E-state index in [1.165, 1.54) is 11.8 Å². The summed E-state index contributed by atoms with van der Waals surface area (Å²) in [5.41, 5.74) is 2.13. The SMILES string of the molecule is COc1ccc(Cl)cc1NC1NC(=O)/C(=C/c2ccc(OCc3ccc(Cl)cc3)c(OC)c2)S1. The molecule has 1 atom stereocenters. The van der Waals surface area contributed by atoms with Crippen LogP contribution in [0.25, 0.3) is 6.08 Å². The minimum atomic E-state index is -0.366. The van der Waals surface area contributed by atoms with Crippen molar-refractivity contribution in [3.63, 3.8) is 0 Å². The molecule has 9 heteroatoms. The van der Waals surface area contributed by atoms with Crippen molar-refractivity contribution >= 4 is 52.6 Å². The first-order valence-corrected chi connectivity index (χ1v) is 11.9. The number of methoxy groups -OCH3 is 2. The molecule has 4 rings (SSSR count). The Labute approximate surface area is 212 Å². The van der Waals surface area contributed by atoms with Crippen LogP contribution < -0.4 is 24.8 Å². The van der Waals surface area contributed by atoms with Crippen molar-refractivity contribution in [1.82, 2.24) is 5.32 Å². The van der Waals surface area contributed by atoms with Gasteiger partial charge in [0.15, 0.2) is 17.0 Å². The van der Waals surface area contributed by atoms with Gasteiger partial charge in [-0.15, -0.1) is 0 Å². The summed E-state index contributed by atoms with van der Waals surface area (Å²) in [6.45, 7) is 0.381. The van der Waals surface area contributed by atoms with Crippen molar-refractivity contribution in [1.29, 1.82) is 0 Å². The predicted molar refractivity (Wildman–Crippen MR) is 138 cm³/mol. The van der Waals surface area contributed by atoms with E-state index in [1.807, 2.05) is 48.5 Å². The van der Waals surface area contributed by atoms with Crippen molar-refractivity contribution < 1.29 is 19.0 Å². The number of amides is 1. The fraction of sp³-hybridized carbons (Fsp3) is 0.160. The maximum absolute atomic E-state index is 12.5. The highest BCUT2D eigenvalue weighted by Gasteiger charge is 2.28. The van der Waals surface area contributed by atoms with Gasteiger partial charge in [0.25, 0.3) is 5.91 Å². The molecule has 1 unspecified atom stereocenters. The van der Waals surface area contributed by atoms with Crippen LogP contribution in [0.1, 0.15) is 11.1 Å². The molecule has 1 amide bonds. The fourth-order valence-electron chi connectivity index (χ4n) is 3.29. The summed E-state index contributed by atoms with van der Waals surface area (Å²) in [4.78, 5) is 13.1. The third kappa shape index (κ3) is 5.91. The third-order valence-corrected chi connectivity index (χ3v) is 6.49. The summed E-state index contributed by atoms with van der Waals surface area (Å²) >= 11 is 13.4. The van der Waals surface area contributed by atoms with Gasteiger partial charge in [-0.1, -0.05) is 53.2 Å². The van der Waals surface area contributed by atoms with Crippen molar-refractivity contribution in [2.45, 2.75) is 12.1 Å². The normalized spacial score (nSPS) is 16.3. The van der Waals surface area contributed by atoms with Gasteiger partial charge in [0, 0.05) is 10.0 Å². The first kappa shape index (κ1) is 24.1. The maximum Gasteiger partial charge on any atom is 0.260 e. The van der Waals surface area contributed by atoms with Crippen molar-refractivity contribution in [2.24, 2.45) is 0 Å². The molecular weight excluding hydrogens is 495 g/mol. The summed E-state index contributed by atoms with van der Waals surface area (Å²) in [6, 6.07) is 18.3. The second-order valence-electron chi connectivity index (χ2n) is 7.29. The highest BCUT2D eigenvalue weighted by molar-refractivity contribution is 8.05. The van der Waals surface area contributed by atoms with Crippen molar-refractivity contribution in [3.05, 3.63) is 86.7 Å². The first-order valence-electron chi connectivity index (χ1n) is 10.3. The number of hydrogen-bond donors (Lipinski definition) is 2. The van der Waals surface area contributed by atoms with Gasteiger partial charge in [-0.3, -0.25) is 4.79 Å². The lowest BCUT2D eigenvalue weighted by Gasteiger charge is -2.15. The molecule has 3 aromatic carbocycles. The lowest BCUT2D eigenvalue weighted by atomic mass is 10.2. The van der Waals surface area contributed by atoms with E-state index in [-0.39, 0.29) is 11.4 Å². The average Bonchev–Trinajstić information content (AvgIpc) is 3.17. The topological polar surface area (TPSA) is 68.8 Å². The molecule has 1 fully saturated rings. The summed E-state index contributed by atoms with van der Waals surface area (Å²) in [7, 11) is 3.16. The van der Waals surface area contributed by atoms with Crippen LogP contribution in [0.3, 0.4) is 0 Å². The minimum absolute atomic E-state index is 0.175. The second kappa shape index (κ2) is 11.0. The summed E-state index contributed by atoms with van der Waals surface area (Å²) in [5, 5.41) is 7.39. The highest BCUT2D eigenvalue weighted by Crippen LogP contribution is 2.35. The van der Waals surface area contributed by atoms with E-state index in [2.05, 4.69) is 10.6 Å². The van der Waals surface area contributed by atoms with E-state index >= 15 is 0 Å². The van der Waals surface area contributed by atoms with E-state index in [1.54, 1.807) is 32.4 Å². The van der Waals surface area contributed by atoms with Crippen molar-refractivity contribution in [2.75, 3.05) is 19.5 Å². The smallest absolute Gasteiger partial charge is 0.260 e. The van der Waals surface area contributed by atoms with Crippen LogP contribution in [-0.2, 0) is 11.4 Å². The van der Waals surface area contributed by atoms with Crippen LogP contribution in [-0.4, -0.2) is 25.6 Å². The molecule has 3 aromatic rings. The van der Waals surface area contributed by atoms with E-state index in [0.29, 0.717) is 44.5 Å². The quantitative estimate of drug-likeness (QED) is 0.348. The van der Waals surface area contributed by atoms with Crippen LogP contribution in [0.5, 0.6) is 17.2 Å². The molecule has 34 heavy (non-hydrogen) atoms. The first-order chi connectivity index (χ1) is 16.4. The Morgan fingerprint density at radius 2 is 1.65 bits per heavy atom. The number of benzene rings is 3. The molecule has 0 spiro atoms. The second-order valence-corrected chi connectivity index (χ2v) is 9.31. The van der Waals surface area contributed by atoms with E-state index < -0.39 is 0 Å². The summed E-state index contributed by atoms with van der Waals surface area (Å²) < 4.78 is 16.8. The molecule has 2 N–H and O–H groups in total. The number of thioether (sulfide) groups is 1. The zero-order valence-corrected chi connectivity index (χ0v) is 20.8. The minimum Gasteiger partial charge on any atom is -0.495 e. The van der Waals surface area contributed by atoms with E-state index in [4.69, 9.17) is 37.4 Å². The van der Waals surface area contributed by atoms with Gasteiger partial charge >= 0.3 is 0 Å². The molecule has 0 aromatic heterocycles. The number of carbonyl (C=O) groups excluding carboxylic acids is 1. The standard InChI is InChI=1S/C25H22Cl2N2O4S/c1-31-20-10-8-18(27)13-19(20)28-25-29-24(30)23(34-25)12-16-5-9-21(22(11-16)32-2)33-14-15-3-6-17(26)7-4-15/h3-13,25,28H,14H2,1-2H3,(H,29,30)/b23-12-. The molecule has 1 saturated heterocycles. The number of halogens is 2. The Bertz CT molecular complexity index is 1220. The Hall–Kier alpha value is -3.00. The number of ether oxygens (including phenoxy) is 3. The summed E-state index contributed by atoms with van der Waals surface area (Å²) in [6.07, 6.45) is 1.81. The van der Waals surface area contributed by atoms with Gasteiger partial charge in [0.05, 0.1) is 24.8 Å². The molecule has 0 aliphatic carbocycles. The molecular formula is C25H22Cl2N2O4S. The monoisotopic (exact) mass is 516 g/mol. The molecule has 1 aliphatic rings. The lowest BCUT2D eigenvalue weighted by Crippen LogP contribution is -2.31. The molecule has 176 valence electrons. The Morgan fingerprint density at radius 1 is 0.941 bits per heavy atom. The van der Waals surface area contributed by atoms with Gasteiger partial charge in [0.2, 0.25) is 0 Å². The number of carbonyl (C=O) groups is 1. The predicted octanol–water partition coefficient (Wildman–Crippen LogP) is 6.19. The van der Waals surface area contributed by atoms with Crippen molar-refractivity contribution in [3.8, 4) is 17.2 Å². The van der Waals surface area contributed by atoms with Crippen LogP contribution in [0.15, 0.2) is 65.6 Å². The summed E-state index contributed by atoms with van der Waals surface area (Å²) in [5.74, 6) is 1.64. The van der Waals surface area contributed by atoms with Gasteiger partial charge in [-0.2, -0.15) is 0 Å². The Kier molecular flexibility index (Phi) is 7.77. The highest BCUT2D eigenvalue weighted by atomic mass is 35.5. The van der Waals surface area contributed by atoms with Crippen LogP contribution in [0.4, 0.5) is 5.69 Å². The number of rotatable bonds is 8. The van der Waals surface area contributed by atoms with E-state index in [0.717, 1.165) is 11.1 Å². The van der Waals surface area contributed by atoms with Gasteiger partial charge in [-0.25, -0.2) is 0 Å². The fourth-order valence-corrected chi connectivity index (χ4v) is 4.56. The molecule has 0 bridgehead atoms. The molecule has 1 aliphatic heterocycles. The zero-order chi connectivity index (χ0) is 24.1. The largest absolute Gasteiger partial charge is 0.495 e. The van der Waals surface area contributed by atoms with Gasteiger partial charge < -0.3 is 24.8 Å². The van der Waals surface area contributed by atoms with Gasteiger partial charge in [-0.05, 0) is 59.7 Å². The van der Waals surface area contributed by atoms with Crippen LogP contribution in [0.2, 0.25) is 10.0 Å². The maximum atomic E-state index is 12.5. The number of anilines is 1. The van der Waals surface area contributed by atoms with Crippen LogP contribution >= 0.6 is 35.0 Å². The molecule has 0 radical (unpaired) electrons. The lowest BCUT2D eigenvalue weighted by molar-refractivity contribution is -0.116. The Balaban J connectivity index is 1.45. The van der Waals surface area contributed by atoms with Gasteiger partial charge in [0.1, 0.15) is 12.4 Å². The van der Waals surface area contributed by atoms with Crippen LogP contribution in [0, 0.1) is 0 Å². The zero-order valence-electron chi connectivity index (χ0n) is 18.4. The van der Waals surface area contributed by atoms with E-state index in [9.17, 15) is 4.79 Å². The number of hydrogen-bond acceptors (Lipinski definition) is 6. The molecule has 6 nitrogen and oxygen atoms in total. The Morgan fingerprint density at radius 3 is 2.38 bits per heavy atom.